The third kappa shape index (κ3) is 5.44. The Kier molecular flexibility index (Phi) is 7.58. The van der Waals surface area contributed by atoms with E-state index in [2.05, 4.69) is 22.5 Å². The van der Waals surface area contributed by atoms with E-state index in [9.17, 15) is 9.59 Å². The number of nitrogens with one attached hydrogen (secondary N) is 2. The molecule has 0 spiro atoms. The molecule has 2 amide bonds. The molecule has 176 valence electrons. The Balaban J connectivity index is 1.46. The Labute approximate surface area is 188 Å². The summed E-state index contributed by atoms with van der Waals surface area (Å²) < 4.78 is 5.58. The summed E-state index contributed by atoms with van der Waals surface area (Å²) in [6.45, 7) is 7.36. The van der Waals surface area contributed by atoms with Gasteiger partial charge in [-0.15, -0.1) is 0 Å². The quantitative estimate of drug-likeness (QED) is 0.714. The summed E-state index contributed by atoms with van der Waals surface area (Å²) in [4.78, 5) is 26.3. The summed E-state index contributed by atoms with van der Waals surface area (Å²) >= 11 is 0. The Morgan fingerprint density at radius 2 is 1.61 bits per heavy atom. The fourth-order valence-electron chi connectivity index (χ4n) is 7.39. The second-order valence-corrected chi connectivity index (χ2v) is 10.8. The van der Waals surface area contributed by atoms with Crippen LogP contribution in [0.5, 0.6) is 0 Å². The number of fused-ring (bicyclic) bond motifs is 1. The summed E-state index contributed by atoms with van der Waals surface area (Å²) in [5.74, 6) is 2.32. The first-order valence-electron chi connectivity index (χ1n) is 12.8. The van der Waals surface area contributed by atoms with Crippen molar-refractivity contribution < 1.29 is 14.3 Å². The Morgan fingerprint density at radius 1 is 0.871 bits per heavy atom. The molecule has 7 atom stereocenters. The van der Waals surface area contributed by atoms with Crippen molar-refractivity contribution in [3.05, 3.63) is 0 Å². The van der Waals surface area contributed by atoms with E-state index >= 15 is 0 Å². The van der Waals surface area contributed by atoms with Crippen molar-refractivity contribution in [3.8, 4) is 0 Å². The van der Waals surface area contributed by atoms with Gasteiger partial charge in [0.2, 0.25) is 11.8 Å². The molecular weight excluding hydrogens is 390 g/mol. The highest BCUT2D eigenvalue weighted by Gasteiger charge is 2.47. The molecule has 4 aliphatic rings. The second kappa shape index (κ2) is 10.2. The standard InChI is InChI=1S/C25H43N3O3/c1-16-13-24(27-21-9-11-31-12-10-21)23-15-20(7-8-25(23)28(16)18(3)30)19-5-4-6-22(14-19)26-17(2)29/h16,19-25,27H,4-15H2,1-3H3,(H,26,29)/t16-,19?,20?,22?,23?,24+,25?/m0/s1. The van der Waals surface area contributed by atoms with Crippen molar-refractivity contribution in [2.75, 3.05) is 13.2 Å². The summed E-state index contributed by atoms with van der Waals surface area (Å²) in [5, 5.41) is 7.21. The highest BCUT2D eigenvalue weighted by atomic mass is 16.5. The van der Waals surface area contributed by atoms with E-state index in [0.717, 1.165) is 57.7 Å². The maximum Gasteiger partial charge on any atom is 0.219 e. The molecule has 4 fully saturated rings. The second-order valence-electron chi connectivity index (χ2n) is 10.8. The van der Waals surface area contributed by atoms with Crippen LogP contribution in [-0.2, 0) is 14.3 Å². The molecule has 2 saturated carbocycles. The smallest absolute Gasteiger partial charge is 0.219 e. The molecule has 2 aliphatic heterocycles. The zero-order valence-electron chi connectivity index (χ0n) is 19.8. The zero-order chi connectivity index (χ0) is 22.0. The van der Waals surface area contributed by atoms with Crippen LogP contribution < -0.4 is 10.6 Å². The van der Waals surface area contributed by atoms with E-state index in [4.69, 9.17) is 4.74 Å². The molecule has 0 radical (unpaired) electrons. The minimum atomic E-state index is 0.105. The first kappa shape index (κ1) is 23.0. The van der Waals surface area contributed by atoms with Gasteiger partial charge in [0.05, 0.1) is 0 Å². The average molecular weight is 434 g/mol. The normalized spacial score (nSPS) is 39.6. The molecule has 2 saturated heterocycles. The molecular formula is C25H43N3O3. The number of rotatable bonds is 4. The molecule has 5 unspecified atom stereocenters. The van der Waals surface area contributed by atoms with Crippen LogP contribution in [0.3, 0.4) is 0 Å². The van der Waals surface area contributed by atoms with E-state index in [1.807, 2.05) is 0 Å². The van der Waals surface area contributed by atoms with Gasteiger partial charge in [-0.2, -0.15) is 0 Å². The lowest BCUT2D eigenvalue weighted by Gasteiger charge is -2.54. The van der Waals surface area contributed by atoms with Gasteiger partial charge in [0.1, 0.15) is 0 Å². The largest absolute Gasteiger partial charge is 0.381 e. The van der Waals surface area contributed by atoms with Crippen molar-refractivity contribution in [2.24, 2.45) is 17.8 Å². The molecule has 0 bridgehead atoms. The molecule has 31 heavy (non-hydrogen) atoms. The van der Waals surface area contributed by atoms with Gasteiger partial charge in [-0.1, -0.05) is 12.8 Å². The van der Waals surface area contributed by atoms with Crippen LogP contribution in [0.4, 0.5) is 0 Å². The topological polar surface area (TPSA) is 70.7 Å². The molecule has 6 heteroatoms. The number of nitrogens with zero attached hydrogens (tertiary/aromatic N) is 1. The minimum absolute atomic E-state index is 0.105. The SMILES string of the molecule is CC(=O)NC1CCCC(C2CCC3C(C2)[C@H](NC2CCOCC2)C[C@H](C)N3C(C)=O)C1. The van der Waals surface area contributed by atoms with Gasteiger partial charge in [0.15, 0.2) is 0 Å². The fraction of sp³-hybridized carbons (Fsp3) is 0.920. The van der Waals surface area contributed by atoms with Crippen LogP contribution in [0.15, 0.2) is 0 Å². The summed E-state index contributed by atoms with van der Waals surface area (Å²) in [6.07, 6.45) is 11.6. The Morgan fingerprint density at radius 3 is 2.32 bits per heavy atom. The van der Waals surface area contributed by atoms with Gasteiger partial charge >= 0.3 is 0 Å². The number of amides is 2. The molecule has 4 rings (SSSR count). The van der Waals surface area contributed by atoms with Gasteiger partial charge in [-0.3, -0.25) is 9.59 Å². The van der Waals surface area contributed by atoms with Gasteiger partial charge in [0.25, 0.3) is 0 Å². The van der Waals surface area contributed by atoms with Gasteiger partial charge < -0.3 is 20.3 Å². The van der Waals surface area contributed by atoms with Crippen molar-refractivity contribution >= 4 is 11.8 Å². The number of ether oxygens (including phenoxy) is 1. The highest BCUT2D eigenvalue weighted by molar-refractivity contribution is 5.74. The first-order valence-corrected chi connectivity index (χ1v) is 12.8. The van der Waals surface area contributed by atoms with Crippen molar-refractivity contribution in [3.63, 3.8) is 0 Å². The van der Waals surface area contributed by atoms with Crippen molar-refractivity contribution in [1.29, 1.82) is 0 Å². The molecule has 6 nitrogen and oxygen atoms in total. The number of hydrogen-bond acceptors (Lipinski definition) is 4. The number of piperidine rings is 1. The predicted octanol–water partition coefficient (Wildman–Crippen LogP) is 3.24. The fourth-order valence-corrected chi connectivity index (χ4v) is 7.39. The minimum Gasteiger partial charge on any atom is -0.381 e. The number of carbonyl (C=O) groups is 2. The van der Waals surface area contributed by atoms with E-state index in [0.29, 0.717) is 42.0 Å². The van der Waals surface area contributed by atoms with Crippen LogP contribution in [0.2, 0.25) is 0 Å². The number of likely N-dealkylation sites (tertiary alicyclic amines) is 1. The van der Waals surface area contributed by atoms with Crippen molar-refractivity contribution in [1.82, 2.24) is 15.5 Å². The van der Waals surface area contributed by atoms with Gasteiger partial charge in [-0.25, -0.2) is 0 Å². The van der Waals surface area contributed by atoms with Crippen molar-refractivity contribution in [2.45, 2.75) is 115 Å². The van der Waals surface area contributed by atoms with Gasteiger partial charge in [0, 0.05) is 57.3 Å². The Hall–Kier alpha value is -1.14. The Bertz CT molecular complexity index is 636. The zero-order valence-corrected chi connectivity index (χ0v) is 19.8. The van der Waals surface area contributed by atoms with E-state index in [-0.39, 0.29) is 11.8 Å². The number of hydrogen-bond donors (Lipinski definition) is 2. The van der Waals surface area contributed by atoms with Crippen LogP contribution in [-0.4, -0.2) is 60.1 Å². The highest BCUT2D eigenvalue weighted by Crippen LogP contribution is 2.46. The third-order valence-electron chi connectivity index (χ3n) is 8.67. The van der Waals surface area contributed by atoms with E-state index in [1.165, 1.54) is 25.7 Å². The molecule has 0 aromatic rings. The van der Waals surface area contributed by atoms with Crippen LogP contribution in [0, 0.1) is 17.8 Å². The molecule has 2 N–H and O–H groups in total. The van der Waals surface area contributed by atoms with Crippen LogP contribution in [0.1, 0.15) is 85.0 Å². The molecule has 0 aromatic heterocycles. The van der Waals surface area contributed by atoms with E-state index < -0.39 is 0 Å². The third-order valence-corrected chi connectivity index (χ3v) is 8.67. The summed E-state index contributed by atoms with van der Waals surface area (Å²) in [6, 6.07) is 2.09. The summed E-state index contributed by atoms with van der Waals surface area (Å²) in [7, 11) is 0. The monoisotopic (exact) mass is 433 g/mol. The maximum atomic E-state index is 12.5. The predicted molar refractivity (Wildman–Crippen MR) is 122 cm³/mol. The lowest BCUT2D eigenvalue weighted by molar-refractivity contribution is -0.141. The summed E-state index contributed by atoms with van der Waals surface area (Å²) in [5.41, 5.74) is 0. The average Bonchev–Trinajstić information content (AvgIpc) is 2.73. The lowest BCUT2D eigenvalue weighted by atomic mass is 9.64. The van der Waals surface area contributed by atoms with Gasteiger partial charge in [-0.05, 0) is 76.0 Å². The molecule has 2 aliphatic carbocycles. The first-order chi connectivity index (χ1) is 14.9. The molecule has 2 heterocycles. The van der Waals surface area contributed by atoms with Crippen LogP contribution >= 0.6 is 0 Å². The molecule has 0 aromatic carbocycles. The lowest BCUT2D eigenvalue weighted by Crippen LogP contribution is -2.63. The maximum absolute atomic E-state index is 12.5. The number of carbonyl (C=O) groups excluding carboxylic acids is 2. The van der Waals surface area contributed by atoms with Crippen LogP contribution in [0.25, 0.3) is 0 Å². The van der Waals surface area contributed by atoms with E-state index in [1.54, 1.807) is 13.8 Å².